The summed E-state index contributed by atoms with van der Waals surface area (Å²) in [6.07, 6.45) is 16.1. The highest BCUT2D eigenvalue weighted by atomic mass is 16.5. The molecule has 0 saturated heterocycles. The summed E-state index contributed by atoms with van der Waals surface area (Å²) in [5.41, 5.74) is 3.21. The van der Waals surface area contributed by atoms with Gasteiger partial charge in [0.25, 0.3) is 0 Å². The Balaban J connectivity index is 1.62. The Kier molecular flexibility index (Phi) is 10.2. The quantitative estimate of drug-likeness (QED) is 0.182. The second kappa shape index (κ2) is 13.3. The van der Waals surface area contributed by atoms with Crippen molar-refractivity contribution in [2.75, 3.05) is 0 Å². The number of nitriles is 1. The van der Waals surface area contributed by atoms with Crippen molar-refractivity contribution in [1.82, 2.24) is 0 Å². The van der Waals surface area contributed by atoms with Gasteiger partial charge in [-0.3, -0.25) is 4.79 Å². The van der Waals surface area contributed by atoms with Crippen LogP contribution in [0, 0.1) is 18.3 Å². The fraction of sp³-hybridized carbons (Fsp3) is 0.548. The molecule has 0 N–H and O–H groups in total. The highest BCUT2D eigenvalue weighted by molar-refractivity contribution is 5.85. The summed E-state index contributed by atoms with van der Waals surface area (Å²) in [4.78, 5) is 13.5. The maximum Gasteiger partial charge on any atom is 0.321 e. The van der Waals surface area contributed by atoms with Gasteiger partial charge in [0, 0.05) is 0 Å². The molecule has 2 aromatic rings. The second-order valence-electron chi connectivity index (χ2n) is 10.1. The Morgan fingerprint density at radius 1 is 0.912 bits per heavy atom. The minimum absolute atomic E-state index is 0.219. The third-order valence-corrected chi connectivity index (χ3v) is 7.39. The van der Waals surface area contributed by atoms with E-state index in [0.717, 1.165) is 56.1 Å². The molecule has 0 aliphatic heterocycles. The molecule has 1 aliphatic carbocycles. The van der Waals surface area contributed by atoms with Gasteiger partial charge in [0.15, 0.2) is 0 Å². The smallest absolute Gasteiger partial charge is 0.321 e. The Morgan fingerprint density at radius 2 is 1.56 bits per heavy atom. The zero-order valence-corrected chi connectivity index (χ0v) is 21.2. The first-order chi connectivity index (χ1) is 16.6. The Hall–Kier alpha value is -2.60. The molecule has 1 fully saturated rings. The molecule has 1 saturated carbocycles. The molecule has 0 bridgehead atoms. The summed E-state index contributed by atoms with van der Waals surface area (Å²) in [5.74, 6) is 0.174. The number of nitrogens with zero attached hydrogens (tertiary/aromatic N) is 1. The van der Waals surface area contributed by atoms with Crippen LogP contribution in [0.1, 0.15) is 113 Å². The number of carbonyl (C=O) groups is 1. The number of ether oxygens (including phenoxy) is 1. The number of benzene rings is 2. The molecule has 34 heavy (non-hydrogen) atoms. The van der Waals surface area contributed by atoms with E-state index in [4.69, 9.17) is 4.74 Å². The predicted molar refractivity (Wildman–Crippen MR) is 139 cm³/mol. The highest BCUT2D eigenvalue weighted by Crippen LogP contribution is 2.41. The van der Waals surface area contributed by atoms with Gasteiger partial charge in [-0.25, -0.2) is 0 Å². The van der Waals surface area contributed by atoms with Gasteiger partial charge < -0.3 is 4.74 Å². The molecule has 2 aromatic carbocycles. The number of carbonyl (C=O) groups excluding carboxylic acids is 1. The van der Waals surface area contributed by atoms with Crippen molar-refractivity contribution < 1.29 is 9.53 Å². The fourth-order valence-electron chi connectivity index (χ4n) is 5.21. The topological polar surface area (TPSA) is 50.1 Å². The van der Waals surface area contributed by atoms with Gasteiger partial charge in [-0.15, -0.1) is 0 Å². The maximum absolute atomic E-state index is 13.5. The van der Waals surface area contributed by atoms with Gasteiger partial charge in [-0.2, -0.15) is 5.26 Å². The van der Waals surface area contributed by atoms with Crippen molar-refractivity contribution in [3.05, 3.63) is 64.7 Å². The average molecular weight is 460 g/mol. The molecule has 3 heteroatoms. The van der Waals surface area contributed by atoms with Crippen molar-refractivity contribution in [2.45, 2.75) is 109 Å². The first-order valence-corrected chi connectivity index (χ1v) is 13.4. The lowest BCUT2D eigenvalue weighted by atomic mass is 9.69. The number of rotatable bonds is 12. The van der Waals surface area contributed by atoms with Crippen LogP contribution in [0.25, 0.3) is 0 Å². The molecule has 0 heterocycles. The van der Waals surface area contributed by atoms with Crippen LogP contribution >= 0.6 is 0 Å². The molecule has 3 nitrogen and oxygen atoms in total. The Morgan fingerprint density at radius 3 is 2.21 bits per heavy atom. The highest BCUT2D eigenvalue weighted by Gasteiger charge is 2.43. The van der Waals surface area contributed by atoms with E-state index in [1.165, 1.54) is 50.5 Å². The molecule has 0 unspecified atom stereocenters. The molecule has 0 aromatic heterocycles. The van der Waals surface area contributed by atoms with Crippen LogP contribution in [0.2, 0.25) is 0 Å². The lowest BCUT2D eigenvalue weighted by Crippen LogP contribution is -2.41. The standard InChI is InChI=1S/C31H41NO2/c1-3-4-5-6-7-8-9-11-14-26-17-20-29(27(23-26)24-32)34-30(33)31(21-12-10-13-22-31)28-18-15-25(2)16-19-28/h15-20,23H,3-14,21-22H2,1-2H3. The number of aryl methyl sites for hydroxylation is 2. The van der Waals surface area contributed by atoms with Crippen molar-refractivity contribution in [3.8, 4) is 11.8 Å². The molecular weight excluding hydrogens is 418 g/mol. The van der Waals surface area contributed by atoms with Gasteiger partial charge in [0.1, 0.15) is 11.8 Å². The molecule has 0 radical (unpaired) electrons. The number of hydrogen-bond acceptors (Lipinski definition) is 3. The van der Waals surface area contributed by atoms with Crippen molar-refractivity contribution in [3.63, 3.8) is 0 Å². The van der Waals surface area contributed by atoms with Gasteiger partial charge in [0.05, 0.1) is 11.0 Å². The largest absolute Gasteiger partial charge is 0.424 e. The molecule has 3 rings (SSSR count). The van der Waals surface area contributed by atoms with E-state index in [0.29, 0.717) is 11.3 Å². The summed E-state index contributed by atoms with van der Waals surface area (Å²) in [6, 6.07) is 16.3. The van der Waals surface area contributed by atoms with E-state index in [1.807, 2.05) is 18.2 Å². The van der Waals surface area contributed by atoms with E-state index in [2.05, 4.69) is 44.2 Å². The van der Waals surface area contributed by atoms with E-state index in [1.54, 1.807) is 0 Å². The predicted octanol–water partition coefficient (Wildman–Crippen LogP) is 8.36. The van der Waals surface area contributed by atoms with Crippen LogP contribution < -0.4 is 4.74 Å². The van der Waals surface area contributed by atoms with E-state index < -0.39 is 5.41 Å². The van der Waals surface area contributed by atoms with Crippen LogP contribution in [0.3, 0.4) is 0 Å². The van der Waals surface area contributed by atoms with Crippen molar-refractivity contribution >= 4 is 5.97 Å². The fourth-order valence-corrected chi connectivity index (χ4v) is 5.21. The molecule has 182 valence electrons. The molecule has 1 aliphatic rings. The Bertz CT molecular complexity index is 948. The van der Waals surface area contributed by atoms with Crippen LogP contribution in [0.4, 0.5) is 0 Å². The SMILES string of the molecule is CCCCCCCCCCc1ccc(OC(=O)C2(c3ccc(C)cc3)CCCCC2)c(C#N)c1. The van der Waals surface area contributed by atoms with Crippen LogP contribution in [0.15, 0.2) is 42.5 Å². The summed E-state index contributed by atoms with van der Waals surface area (Å²) in [6.45, 7) is 4.31. The van der Waals surface area contributed by atoms with Gasteiger partial charge in [0.2, 0.25) is 0 Å². The van der Waals surface area contributed by atoms with Crippen LogP contribution in [-0.4, -0.2) is 5.97 Å². The number of unbranched alkanes of at least 4 members (excludes halogenated alkanes) is 7. The summed E-state index contributed by atoms with van der Waals surface area (Å²) in [5, 5.41) is 9.75. The lowest BCUT2D eigenvalue weighted by Gasteiger charge is -2.35. The average Bonchev–Trinajstić information content (AvgIpc) is 2.87. The summed E-state index contributed by atoms with van der Waals surface area (Å²) >= 11 is 0. The summed E-state index contributed by atoms with van der Waals surface area (Å²) < 4.78 is 5.95. The minimum atomic E-state index is -0.617. The molecule has 0 amide bonds. The maximum atomic E-state index is 13.5. The van der Waals surface area contributed by atoms with Gasteiger partial charge >= 0.3 is 5.97 Å². The molecule has 0 spiro atoms. The third-order valence-electron chi connectivity index (χ3n) is 7.39. The first kappa shape index (κ1) is 26.0. The van der Waals surface area contributed by atoms with E-state index in [9.17, 15) is 10.1 Å². The van der Waals surface area contributed by atoms with Crippen molar-refractivity contribution in [2.24, 2.45) is 0 Å². The minimum Gasteiger partial charge on any atom is -0.424 e. The Labute approximate surface area is 206 Å². The number of hydrogen-bond donors (Lipinski definition) is 0. The zero-order chi connectivity index (χ0) is 24.2. The van der Waals surface area contributed by atoms with Crippen molar-refractivity contribution in [1.29, 1.82) is 5.26 Å². The normalized spacial score (nSPS) is 15.0. The molecular formula is C31H41NO2. The summed E-state index contributed by atoms with van der Waals surface area (Å²) in [7, 11) is 0. The first-order valence-electron chi connectivity index (χ1n) is 13.4. The lowest BCUT2D eigenvalue weighted by molar-refractivity contribution is -0.142. The zero-order valence-electron chi connectivity index (χ0n) is 21.2. The monoisotopic (exact) mass is 459 g/mol. The third kappa shape index (κ3) is 6.95. The van der Waals surface area contributed by atoms with Crippen LogP contribution in [-0.2, 0) is 16.6 Å². The van der Waals surface area contributed by atoms with Crippen LogP contribution in [0.5, 0.6) is 5.75 Å². The second-order valence-corrected chi connectivity index (χ2v) is 10.1. The molecule has 0 atom stereocenters. The van der Waals surface area contributed by atoms with Gasteiger partial charge in [-0.05, 0) is 55.9 Å². The van der Waals surface area contributed by atoms with Gasteiger partial charge in [-0.1, -0.05) is 107 Å². The number of esters is 1. The van der Waals surface area contributed by atoms with E-state index >= 15 is 0 Å². The van der Waals surface area contributed by atoms with E-state index in [-0.39, 0.29) is 5.97 Å².